The maximum absolute atomic E-state index is 5.42. The molecule has 1 fully saturated rings. The van der Waals surface area contributed by atoms with Crippen LogP contribution in [0.15, 0.2) is 18.2 Å². The van der Waals surface area contributed by atoms with Crippen molar-refractivity contribution in [3.05, 3.63) is 34.9 Å². The third-order valence-corrected chi connectivity index (χ3v) is 3.62. The van der Waals surface area contributed by atoms with Gasteiger partial charge in [-0.15, -0.1) is 0 Å². The van der Waals surface area contributed by atoms with Gasteiger partial charge in [0.05, 0.1) is 6.61 Å². The Labute approximate surface area is 105 Å². The van der Waals surface area contributed by atoms with Crippen molar-refractivity contribution < 1.29 is 4.74 Å². The molecule has 2 nitrogen and oxygen atoms in total. The first-order chi connectivity index (χ1) is 8.15. The Balaban J connectivity index is 1.88. The standard InChI is InChI=1S/C15H23NO/c1-12-4-5-14(8-13(12)2)9-16(3)10-15-6-7-17-11-15/h4-5,8,15H,6-7,9-11H2,1-3H3/t15-/m1/s1. The SMILES string of the molecule is Cc1ccc(CN(C)C[C@H]2CCOC2)cc1C. The van der Waals surface area contributed by atoms with Crippen molar-refractivity contribution in [2.24, 2.45) is 5.92 Å². The monoisotopic (exact) mass is 233 g/mol. The Morgan fingerprint density at radius 3 is 2.76 bits per heavy atom. The molecule has 0 saturated carbocycles. The quantitative estimate of drug-likeness (QED) is 0.793. The summed E-state index contributed by atoms with van der Waals surface area (Å²) < 4.78 is 5.42. The lowest BCUT2D eigenvalue weighted by Crippen LogP contribution is -2.25. The van der Waals surface area contributed by atoms with Crippen molar-refractivity contribution >= 4 is 0 Å². The van der Waals surface area contributed by atoms with E-state index >= 15 is 0 Å². The van der Waals surface area contributed by atoms with Crippen LogP contribution in [0.5, 0.6) is 0 Å². The van der Waals surface area contributed by atoms with E-state index in [1.165, 1.54) is 23.1 Å². The lowest BCUT2D eigenvalue weighted by molar-refractivity contribution is 0.173. The molecule has 1 atom stereocenters. The summed E-state index contributed by atoms with van der Waals surface area (Å²) in [4.78, 5) is 2.41. The van der Waals surface area contributed by atoms with Gasteiger partial charge in [-0.3, -0.25) is 0 Å². The van der Waals surface area contributed by atoms with E-state index in [2.05, 4.69) is 44.0 Å². The van der Waals surface area contributed by atoms with Gasteiger partial charge in [0.25, 0.3) is 0 Å². The summed E-state index contributed by atoms with van der Waals surface area (Å²) in [5.74, 6) is 0.728. The lowest BCUT2D eigenvalue weighted by Gasteiger charge is -2.20. The minimum atomic E-state index is 0.728. The van der Waals surface area contributed by atoms with E-state index < -0.39 is 0 Å². The first-order valence-electron chi connectivity index (χ1n) is 6.47. The summed E-state index contributed by atoms with van der Waals surface area (Å²) in [6.45, 7) is 8.42. The van der Waals surface area contributed by atoms with Crippen molar-refractivity contribution in [3.63, 3.8) is 0 Å². The van der Waals surface area contributed by atoms with Crippen LogP contribution in [0.25, 0.3) is 0 Å². The normalized spacial score (nSPS) is 20.1. The molecule has 0 radical (unpaired) electrons. The van der Waals surface area contributed by atoms with E-state index in [1.807, 2.05) is 0 Å². The number of aryl methyl sites for hydroxylation is 2. The van der Waals surface area contributed by atoms with Gasteiger partial charge in [0.1, 0.15) is 0 Å². The molecule has 2 rings (SSSR count). The minimum Gasteiger partial charge on any atom is -0.381 e. The van der Waals surface area contributed by atoms with Crippen LogP contribution in [0.2, 0.25) is 0 Å². The maximum atomic E-state index is 5.42. The third-order valence-electron chi connectivity index (χ3n) is 3.62. The van der Waals surface area contributed by atoms with Gasteiger partial charge >= 0.3 is 0 Å². The number of hydrogen-bond acceptors (Lipinski definition) is 2. The van der Waals surface area contributed by atoms with Crippen molar-refractivity contribution in [1.82, 2.24) is 4.90 Å². The minimum absolute atomic E-state index is 0.728. The highest BCUT2D eigenvalue weighted by atomic mass is 16.5. The predicted molar refractivity (Wildman–Crippen MR) is 71.2 cm³/mol. The molecule has 17 heavy (non-hydrogen) atoms. The molecule has 1 aromatic rings. The highest BCUT2D eigenvalue weighted by Gasteiger charge is 2.17. The molecule has 1 aliphatic rings. The molecule has 1 saturated heterocycles. The zero-order valence-corrected chi connectivity index (χ0v) is 11.2. The molecule has 0 aliphatic carbocycles. The summed E-state index contributed by atoms with van der Waals surface area (Å²) >= 11 is 0. The first kappa shape index (κ1) is 12.6. The van der Waals surface area contributed by atoms with Gasteiger partial charge in [-0.05, 0) is 49.9 Å². The molecule has 1 heterocycles. The average molecular weight is 233 g/mol. The van der Waals surface area contributed by atoms with E-state index in [1.54, 1.807) is 0 Å². The second-order valence-electron chi connectivity index (χ2n) is 5.34. The van der Waals surface area contributed by atoms with Gasteiger partial charge in [-0.1, -0.05) is 18.2 Å². The Morgan fingerprint density at radius 1 is 1.29 bits per heavy atom. The average Bonchev–Trinajstić information content (AvgIpc) is 2.76. The molecule has 0 spiro atoms. The number of hydrogen-bond donors (Lipinski definition) is 0. The first-order valence-corrected chi connectivity index (χ1v) is 6.47. The number of ether oxygens (including phenoxy) is 1. The lowest BCUT2D eigenvalue weighted by atomic mass is 10.1. The topological polar surface area (TPSA) is 12.5 Å². The van der Waals surface area contributed by atoms with Gasteiger partial charge in [-0.2, -0.15) is 0 Å². The van der Waals surface area contributed by atoms with Crippen molar-refractivity contribution in [2.45, 2.75) is 26.8 Å². The van der Waals surface area contributed by atoms with E-state index in [0.29, 0.717) is 0 Å². The fraction of sp³-hybridized carbons (Fsp3) is 0.600. The molecule has 0 aromatic heterocycles. The molecular weight excluding hydrogens is 210 g/mol. The summed E-state index contributed by atoms with van der Waals surface area (Å²) in [5.41, 5.74) is 4.18. The van der Waals surface area contributed by atoms with Gasteiger partial charge in [0.15, 0.2) is 0 Å². The fourth-order valence-electron chi connectivity index (χ4n) is 2.45. The van der Waals surface area contributed by atoms with Crippen LogP contribution in [0, 0.1) is 19.8 Å². The number of rotatable bonds is 4. The molecule has 0 unspecified atom stereocenters. The van der Waals surface area contributed by atoms with Crippen LogP contribution in [0.3, 0.4) is 0 Å². The van der Waals surface area contributed by atoms with Crippen LogP contribution in [-0.2, 0) is 11.3 Å². The van der Waals surface area contributed by atoms with Crippen LogP contribution in [0.4, 0.5) is 0 Å². The summed E-state index contributed by atoms with van der Waals surface area (Å²) in [5, 5.41) is 0. The van der Waals surface area contributed by atoms with E-state index in [-0.39, 0.29) is 0 Å². The number of benzene rings is 1. The summed E-state index contributed by atoms with van der Waals surface area (Å²) in [7, 11) is 2.20. The molecule has 1 aromatic carbocycles. The Morgan fingerprint density at radius 2 is 2.12 bits per heavy atom. The van der Waals surface area contributed by atoms with Crippen LogP contribution >= 0.6 is 0 Å². The largest absolute Gasteiger partial charge is 0.381 e. The van der Waals surface area contributed by atoms with Crippen molar-refractivity contribution in [1.29, 1.82) is 0 Å². The Hall–Kier alpha value is -0.860. The van der Waals surface area contributed by atoms with Crippen LogP contribution in [0.1, 0.15) is 23.1 Å². The van der Waals surface area contributed by atoms with Crippen molar-refractivity contribution in [3.8, 4) is 0 Å². The molecule has 2 heteroatoms. The molecule has 0 amide bonds. The molecule has 0 bridgehead atoms. The second kappa shape index (κ2) is 5.65. The van der Waals surface area contributed by atoms with Crippen molar-refractivity contribution in [2.75, 3.05) is 26.8 Å². The fourth-order valence-corrected chi connectivity index (χ4v) is 2.45. The van der Waals surface area contributed by atoms with Gasteiger partial charge in [-0.25, -0.2) is 0 Å². The van der Waals surface area contributed by atoms with Gasteiger partial charge in [0.2, 0.25) is 0 Å². The molecule has 0 N–H and O–H groups in total. The van der Waals surface area contributed by atoms with E-state index in [0.717, 1.165) is 32.2 Å². The molecule has 94 valence electrons. The zero-order chi connectivity index (χ0) is 12.3. The van der Waals surface area contributed by atoms with Gasteiger partial charge in [0, 0.05) is 19.7 Å². The second-order valence-corrected chi connectivity index (χ2v) is 5.34. The zero-order valence-electron chi connectivity index (χ0n) is 11.2. The predicted octanol–water partition coefficient (Wildman–Crippen LogP) is 2.77. The molecule has 1 aliphatic heterocycles. The van der Waals surface area contributed by atoms with E-state index in [4.69, 9.17) is 4.74 Å². The smallest absolute Gasteiger partial charge is 0.0507 e. The maximum Gasteiger partial charge on any atom is 0.0507 e. The van der Waals surface area contributed by atoms with Crippen LogP contribution < -0.4 is 0 Å². The summed E-state index contributed by atoms with van der Waals surface area (Å²) in [6.07, 6.45) is 1.22. The highest BCUT2D eigenvalue weighted by Crippen LogP contribution is 2.16. The van der Waals surface area contributed by atoms with Crippen LogP contribution in [-0.4, -0.2) is 31.7 Å². The molecular formula is C15H23NO. The third kappa shape index (κ3) is 3.55. The van der Waals surface area contributed by atoms with Gasteiger partial charge < -0.3 is 9.64 Å². The summed E-state index contributed by atoms with van der Waals surface area (Å²) in [6, 6.07) is 6.76. The Kier molecular flexibility index (Phi) is 4.19. The Bertz CT molecular complexity index is 369. The highest BCUT2D eigenvalue weighted by molar-refractivity contribution is 5.29. The van der Waals surface area contributed by atoms with E-state index in [9.17, 15) is 0 Å². The number of nitrogens with zero attached hydrogens (tertiary/aromatic N) is 1.